The van der Waals surface area contributed by atoms with Gasteiger partial charge < -0.3 is 9.64 Å². The molecule has 1 saturated carbocycles. The molecule has 1 N–H and O–H groups in total. The maximum absolute atomic E-state index is 13.2. The van der Waals surface area contributed by atoms with Crippen molar-refractivity contribution in [1.29, 1.82) is 0 Å². The number of hydrogen-bond donors (Lipinski definition) is 1. The number of amides is 3. The van der Waals surface area contributed by atoms with Crippen LogP contribution in [0.3, 0.4) is 0 Å². The summed E-state index contributed by atoms with van der Waals surface area (Å²) < 4.78 is 7.05. The number of rotatable bonds is 4. The van der Waals surface area contributed by atoms with Crippen LogP contribution < -0.4 is 5.32 Å². The Labute approximate surface area is 171 Å². The van der Waals surface area contributed by atoms with E-state index in [2.05, 4.69) is 10.4 Å². The van der Waals surface area contributed by atoms with Crippen LogP contribution in [0.5, 0.6) is 0 Å². The molecule has 0 bridgehead atoms. The lowest BCUT2D eigenvalue weighted by Crippen LogP contribution is -2.57. The summed E-state index contributed by atoms with van der Waals surface area (Å²) in [5.41, 5.74) is 1.26. The van der Waals surface area contributed by atoms with Gasteiger partial charge in [0.1, 0.15) is 0 Å². The molecule has 8 nitrogen and oxygen atoms in total. The van der Waals surface area contributed by atoms with E-state index in [9.17, 15) is 14.4 Å². The summed E-state index contributed by atoms with van der Waals surface area (Å²) >= 11 is 6.32. The van der Waals surface area contributed by atoms with E-state index in [1.807, 2.05) is 31.3 Å². The highest BCUT2D eigenvalue weighted by Crippen LogP contribution is 2.47. The zero-order valence-electron chi connectivity index (χ0n) is 15.7. The van der Waals surface area contributed by atoms with E-state index in [-0.39, 0.29) is 17.9 Å². The Hall–Kier alpha value is -2.87. The van der Waals surface area contributed by atoms with Crippen LogP contribution >= 0.6 is 11.6 Å². The molecule has 1 saturated heterocycles. The summed E-state index contributed by atoms with van der Waals surface area (Å²) in [6, 6.07) is 7.27. The van der Waals surface area contributed by atoms with E-state index in [0.29, 0.717) is 36.4 Å². The fourth-order valence-electron chi connectivity index (χ4n) is 4.68. The summed E-state index contributed by atoms with van der Waals surface area (Å²) in [5, 5.41) is 6.97. The Morgan fingerprint density at radius 1 is 1.31 bits per heavy atom. The van der Waals surface area contributed by atoms with Gasteiger partial charge in [-0.25, -0.2) is 4.79 Å². The molecule has 1 aliphatic carbocycles. The van der Waals surface area contributed by atoms with E-state index < -0.39 is 17.6 Å². The second-order valence-corrected chi connectivity index (χ2v) is 8.20. The first-order valence-electron chi connectivity index (χ1n) is 9.51. The van der Waals surface area contributed by atoms with Crippen molar-refractivity contribution in [3.05, 3.63) is 52.3 Å². The van der Waals surface area contributed by atoms with Crippen molar-refractivity contribution < 1.29 is 19.1 Å². The third kappa shape index (κ3) is 2.58. The van der Waals surface area contributed by atoms with Gasteiger partial charge in [-0.1, -0.05) is 29.8 Å². The molecule has 150 valence electrons. The Morgan fingerprint density at radius 3 is 2.72 bits per heavy atom. The summed E-state index contributed by atoms with van der Waals surface area (Å²) in [4.78, 5) is 38.9. The minimum absolute atomic E-state index is 0.0873. The van der Waals surface area contributed by atoms with Gasteiger partial charge in [0.05, 0.1) is 23.0 Å². The number of carbonyl (C=O) groups is 3. The van der Waals surface area contributed by atoms with Crippen LogP contribution in [0.1, 0.15) is 40.5 Å². The molecular weight excluding hydrogens is 396 g/mol. The number of benzene rings is 1. The average molecular weight is 415 g/mol. The SMILES string of the molecule is Cn1ncc(Cl)c1CC1c2ccccc2C(=O)N1CC1CCC12OC(=O)NC2=O. The summed E-state index contributed by atoms with van der Waals surface area (Å²) in [5.74, 6) is -0.735. The second-order valence-electron chi connectivity index (χ2n) is 7.80. The molecule has 2 aliphatic heterocycles. The summed E-state index contributed by atoms with van der Waals surface area (Å²) in [6.45, 7) is 0.328. The predicted molar refractivity (Wildman–Crippen MR) is 102 cm³/mol. The molecule has 1 aromatic carbocycles. The molecule has 3 amide bonds. The highest BCUT2D eigenvalue weighted by molar-refractivity contribution is 6.31. The lowest BCUT2D eigenvalue weighted by Gasteiger charge is -2.44. The third-order valence-corrected chi connectivity index (χ3v) is 6.72. The second kappa shape index (κ2) is 6.32. The number of alkyl carbamates (subject to hydrolysis) is 1. The number of aryl methyl sites for hydroxylation is 1. The maximum Gasteiger partial charge on any atom is 0.415 e. The molecule has 0 radical (unpaired) electrons. The van der Waals surface area contributed by atoms with Gasteiger partial charge in [0.2, 0.25) is 0 Å². The molecule has 3 atom stereocenters. The number of nitrogens with zero attached hydrogens (tertiary/aromatic N) is 3. The van der Waals surface area contributed by atoms with Crippen LogP contribution in [-0.4, -0.2) is 44.7 Å². The van der Waals surface area contributed by atoms with Crippen LogP contribution in [0.25, 0.3) is 0 Å². The first-order chi connectivity index (χ1) is 13.9. The van der Waals surface area contributed by atoms with Gasteiger partial charge >= 0.3 is 6.09 Å². The molecule has 2 aromatic rings. The quantitative estimate of drug-likeness (QED) is 0.828. The first kappa shape index (κ1) is 18.2. The Kier molecular flexibility index (Phi) is 3.96. The van der Waals surface area contributed by atoms with Gasteiger partial charge in [-0.2, -0.15) is 5.10 Å². The Morgan fingerprint density at radius 2 is 2.10 bits per heavy atom. The number of aromatic nitrogens is 2. The molecule has 2 fully saturated rings. The van der Waals surface area contributed by atoms with E-state index >= 15 is 0 Å². The average Bonchev–Trinajstić information content (AvgIpc) is 3.28. The number of hydrogen-bond acceptors (Lipinski definition) is 5. The first-order valence-corrected chi connectivity index (χ1v) is 9.89. The fraction of sp³-hybridized carbons (Fsp3) is 0.400. The molecule has 1 aromatic heterocycles. The lowest BCUT2D eigenvalue weighted by molar-refractivity contribution is -0.149. The zero-order chi connectivity index (χ0) is 20.3. The molecule has 29 heavy (non-hydrogen) atoms. The van der Waals surface area contributed by atoms with Crippen molar-refractivity contribution in [1.82, 2.24) is 20.0 Å². The van der Waals surface area contributed by atoms with E-state index in [1.165, 1.54) is 0 Å². The minimum atomic E-state index is -1.15. The number of imide groups is 1. The number of fused-ring (bicyclic) bond motifs is 1. The standard InChI is InChI=1S/C20H19ClN4O4/c1-24-16(14(21)9-22-24)8-15-12-4-2-3-5-13(12)17(26)25(15)10-11-6-7-20(11)18(27)23-19(28)29-20/h2-5,9,11,15H,6-8,10H2,1H3,(H,23,27,28). The maximum atomic E-state index is 13.2. The molecular formula is C20H19ClN4O4. The number of ether oxygens (including phenoxy) is 1. The van der Waals surface area contributed by atoms with Gasteiger partial charge in [-0.15, -0.1) is 0 Å². The van der Waals surface area contributed by atoms with Crippen molar-refractivity contribution >= 4 is 29.5 Å². The van der Waals surface area contributed by atoms with Crippen molar-refractivity contribution in [2.75, 3.05) is 6.54 Å². The van der Waals surface area contributed by atoms with Crippen LogP contribution in [0.2, 0.25) is 5.02 Å². The molecule has 3 aliphatic rings. The van der Waals surface area contributed by atoms with Crippen LogP contribution in [0.15, 0.2) is 30.5 Å². The third-order valence-electron chi connectivity index (χ3n) is 6.40. The van der Waals surface area contributed by atoms with Crippen LogP contribution in [-0.2, 0) is 23.0 Å². The van der Waals surface area contributed by atoms with Gasteiger partial charge in [0, 0.05) is 31.5 Å². The normalized spacial score (nSPS) is 27.8. The number of nitrogens with one attached hydrogen (secondary N) is 1. The summed E-state index contributed by atoms with van der Waals surface area (Å²) in [6.07, 6.45) is 2.56. The van der Waals surface area contributed by atoms with Crippen molar-refractivity contribution in [2.24, 2.45) is 13.0 Å². The zero-order valence-corrected chi connectivity index (χ0v) is 16.5. The van der Waals surface area contributed by atoms with Crippen LogP contribution in [0.4, 0.5) is 4.79 Å². The molecule has 1 spiro atoms. The van der Waals surface area contributed by atoms with Crippen molar-refractivity contribution in [3.63, 3.8) is 0 Å². The number of halogens is 1. The molecule has 3 heterocycles. The van der Waals surface area contributed by atoms with Gasteiger partial charge in [0.25, 0.3) is 11.8 Å². The lowest BCUT2D eigenvalue weighted by atomic mass is 9.68. The highest BCUT2D eigenvalue weighted by Gasteiger charge is 2.61. The highest BCUT2D eigenvalue weighted by atomic mass is 35.5. The smallest absolute Gasteiger partial charge is 0.415 e. The fourth-order valence-corrected chi connectivity index (χ4v) is 4.92. The topological polar surface area (TPSA) is 93.5 Å². The van der Waals surface area contributed by atoms with Crippen molar-refractivity contribution in [2.45, 2.75) is 30.9 Å². The Bertz CT molecular complexity index is 1030. The minimum Gasteiger partial charge on any atom is -0.432 e. The molecule has 9 heteroatoms. The monoisotopic (exact) mass is 414 g/mol. The summed E-state index contributed by atoms with van der Waals surface area (Å²) in [7, 11) is 1.82. The molecule has 5 rings (SSSR count). The van der Waals surface area contributed by atoms with Crippen molar-refractivity contribution in [3.8, 4) is 0 Å². The van der Waals surface area contributed by atoms with E-state index in [0.717, 1.165) is 11.3 Å². The van der Waals surface area contributed by atoms with Crippen LogP contribution in [0, 0.1) is 5.92 Å². The largest absolute Gasteiger partial charge is 0.432 e. The van der Waals surface area contributed by atoms with Gasteiger partial charge in [-0.3, -0.25) is 19.6 Å². The molecule has 3 unspecified atom stereocenters. The Balaban J connectivity index is 1.47. The van der Waals surface area contributed by atoms with Gasteiger partial charge in [0.15, 0.2) is 5.60 Å². The number of carbonyl (C=O) groups excluding carboxylic acids is 3. The van der Waals surface area contributed by atoms with Gasteiger partial charge in [-0.05, 0) is 24.5 Å². The van der Waals surface area contributed by atoms with E-state index in [1.54, 1.807) is 15.8 Å². The predicted octanol–water partition coefficient (Wildman–Crippen LogP) is 2.23. The van der Waals surface area contributed by atoms with E-state index in [4.69, 9.17) is 16.3 Å².